The fraction of sp³-hybridized carbons (Fsp3) is 0.300. The van der Waals surface area contributed by atoms with E-state index < -0.39 is 0 Å². The van der Waals surface area contributed by atoms with Gasteiger partial charge in [0, 0.05) is 48.5 Å². The minimum atomic E-state index is 0.0687. The summed E-state index contributed by atoms with van der Waals surface area (Å²) in [6.07, 6.45) is 3.99. The van der Waals surface area contributed by atoms with Crippen LogP contribution in [0.3, 0.4) is 0 Å². The lowest BCUT2D eigenvalue weighted by molar-refractivity contribution is 0.299. The van der Waals surface area contributed by atoms with E-state index in [0.717, 1.165) is 71.3 Å². The van der Waals surface area contributed by atoms with Crippen LogP contribution < -0.4 is 15.4 Å². The fourth-order valence-corrected chi connectivity index (χ4v) is 4.57. The van der Waals surface area contributed by atoms with Gasteiger partial charge in [0.15, 0.2) is 0 Å². The van der Waals surface area contributed by atoms with Gasteiger partial charge in [0.2, 0.25) is 0 Å². The first-order chi connectivity index (χ1) is 17.5. The molecule has 4 rings (SSSR count). The number of aliphatic hydroxyl groups is 1. The highest BCUT2D eigenvalue weighted by Gasteiger charge is 2.22. The molecule has 1 saturated heterocycles. The molecule has 2 aromatic carbocycles. The molecular formula is C30H36N4O2. The number of anilines is 2. The monoisotopic (exact) mass is 484 g/mol. The predicted octanol–water partition coefficient (Wildman–Crippen LogP) is 5.74. The molecule has 0 bridgehead atoms. The number of pyridine rings is 1. The summed E-state index contributed by atoms with van der Waals surface area (Å²) in [6.45, 7) is 13.3. The van der Waals surface area contributed by atoms with Crippen LogP contribution in [0.4, 0.5) is 11.5 Å². The number of ether oxygens (including phenoxy) is 1. The van der Waals surface area contributed by atoms with Crippen molar-refractivity contribution in [2.45, 2.75) is 25.7 Å². The molecule has 0 amide bonds. The lowest BCUT2D eigenvalue weighted by atomic mass is 9.89. The largest absolute Gasteiger partial charge is 0.497 e. The van der Waals surface area contributed by atoms with Crippen LogP contribution in [0.25, 0.3) is 11.4 Å². The van der Waals surface area contributed by atoms with E-state index in [4.69, 9.17) is 9.84 Å². The van der Waals surface area contributed by atoms with Crippen molar-refractivity contribution in [3.63, 3.8) is 0 Å². The Morgan fingerprint density at radius 1 is 1.06 bits per heavy atom. The maximum atomic E-state index is 8.95. The molecule has 1 aliphatic heterocycles. The van der Waals surface area contributed by atoms with Gasteiger partial charge in [0.05, 0.1) is 13.7 Å². The lowest BCUT2D eigenvalue weighted by Crippen LogP contribution is -2.31. The Labute approximate surface area is 214 Å². The van der Waals surface area contributed by atoms with E-state index in [-0.39, 0.29) is 6.61 Å². The highest BCUT2D eigenvalue weighted by molar-refractivity contribution is 5.78. The Morgan fingerprint density at radius 3 is 2.42 bits per heavy atom. The molecule has 0 radical (unpaired) electrons. The Morgan fingerprint density at radius 2 is 1.78 bits per heavy atom. The van der Waals surface area contributed by atoms with Gasteiger partial charge in [-0.3, -0.25) is 0 Å². The molecule has 1 aliphatic rings. The zero-order valence-corrected chi connectivity index (χ0v) is 21.3. The highest BCUT2D eigenvalue weighted by Crippen LogP contribution is 2.33. The number of nitrogens with zero attached hydrogens (tertiary/aromatic N) is 2. The van der Waals surface area contributed by atoms with Crippen molar-refractivity contribution in [3.8, 4) is 5.75 Å². The Bertz CT molecular complexity index is 1180. The predicted molar refractivity (Wildman–Crippen MR) is 149 cm³/mol. The summed E-state index contributed by atoms with van der Waals surface area (Å²) < 4.78 is 5.29. The topological polar surface area (TPSA) is 69.7 Å². The van der Waals surface area contributed by atoms with Crippen molar-refractivity contribution in [1.82, 2.24) is 9.88 Å². The minimum absolute atomic E-state index is 0.0687. The number of aliphatic hydroxyl groups excluding tert-OH is 1. The summed E-state index contributed by atoms with van der Waals surface area (Å²) >= 11 is 0. The van der Waals surface area contributed by atoms with Gasteiger partial charge in [-0.05, 0) is 72.7 Å². The summed E-state index contributed by atoms with van der Waals surface area (Å²) in [4.78, 5) is 6.79. The third-order valence-corrected chi connectivity index (χ3v) is 6.85. The first-order valence-corrected chi connectivity index (χ1v) is 12.4. The zero-order valence-electron chi connectivity index (χ0n) is 21.3. The van der Waals surface area contributed by atoms with Crippen molar-refractivity contribution in [1.29, 1.82) is 0 Å². The van der Waals surface area contributed by atoms with Crippen LogP contribution in [0.5, 0.6) is 5.75 Å². The molecular weight excluding hydrogens is 448 g/mol. The number of rotatable bonds is 10. The Balaban J connectivity index is 1.38. The second-order valence-electron chi connectivity index (χ2n) is 9.20. The van der Waals surface area contributed by atoms with Gasteiger partial charge in [-0.2, -0.15) is 0 Å². The summed E-state index contributed by atoms with van der Waals surface area (Å²) in [6, 6.07) is 18.8. The van der Waals surface area contributed by atoms with Crippen molar-refractivity contribution >= 4 is 22.9 Å². The van der Waals surface area contributed by atoms with Crippen LogP contribution in [-0.4, -0.2) is 48.3 Å². The lowest BCUT2D eigenvalue weighted by Gasteiger charge is -2.35. The molecule has 188 valence electrons. The molecule has 1 fully saturated rings. The average Bonchev–Trinajstić information content (AvgIpc) is 2.93. The molecule has 0 saturated carbocycles. The molecule has 0 atom stereocenters. The van der Waals surface area contributed by atoms with E-state index in [0.29, 0.717) is 12.5 Å². The molecule has 3 aromatic rings. The van der Waals surface area contributed by atoms with Gasteiger partial charge < -0.3 is 25.4 Å². The average molecular weight is 485 g/mol. The summed E-state index contributed by atoms with van der Waals surface area (Å²) in [5, 5.41) is 15.5. The number of methoxy groups -OCH3 is 1. The van der Waals surface area contributed by atoms with Crippen LogP contribution in [0.1, 0.15) is 41.0 Å². The van der Waals surface area contributed by atoms with Gasteiger partial charge in [-0.15, -0.1) is 0 Å². The van der Waals surface area contributed by atoms with Crippen molar-refractivity contribution in [2.24, 2.45) is 0 Å². The van der Waals surface area contributed by atoms with Gasteiger partial charge in [0.25, 0.3) is 0 Å². The molecule has 6 nitrogen and oxygen atoms in total. The highest BCUT2D eigenvalue weighted by atomic mass is 16.5. The standard InChI is InChI=1S/C30H36N4O2/c1-21-5-6-26(19-29(21)33-22(2)27-9-12-30(32-20-27)31-15-18-35)23(3)34-16-13-25(14-17-34)24-7-10-28(36-4)11-8-24/h5-12,19-20,25,33,35H,2-3,13-18H2,1,4H3,(H,31,32). The molecule has 1 aromatic heterocycles. The third kappa shape index (κ3) is 6.07. The van der Waals surface area contributed by atoms with E-state index in [1.807, 2.05) is 24.3 Å². The molecule has 0 aliphatic carbocycles. The second kappa shape index (κ2) is 11.8. The van der Waals surface area contributed by atoms with Crippen LogP contribution in [-0.2, 0) is 0 Å². The third-order valence-electron chi connectivity index (χ3n) is 6.85. The number of hydrogen-bond acceptors (Lipinski definition) is 6. The van der Waals surface area contributed by atoms with E-state index in [1.54, 1.807) is 13.3 Å². The van der Waals surface area contributed by atoms with Crippen molar-refractivity contribution in [3.05, 3.63) is 96.2 Å². The van der Waals surface area contributed by atoms with Crippen molar-refractivity contribution in [2.75, 3.05) is 44.0 Å². The first-order valence-electron chi connectivity index (χ1n) is 12.4. The van der Waals surface area contributed by atoms with Crippen LogP contribution in [0.15, 0.2) is 74.0 Å². The maximum absolute atomic E-state index is 8.95. The number of aryl methyl sites for hydroxylation is 1. The molecule has 6 heteroatoms. The fourth-order valence-electron chi connectivity index (χ4n) is 4.57. The molecule has 36 heavy (non-hydrogen) atoms. The Hall–Kier alpha value is -3.77. The quantitative estimate of drug-likeness (QED) is 0.341. The summed E-state index contributed by atoms with van der Waals surface area (Å²) in [7, 11) is 1.70. The van der Waals surface area contributed by atoms with Gasteiger partial charge in [0.1, 0.15) is 11.6 Å². The minimum Gasteiger partial charge on any atom is -0.497 e. The number of likely N-dealkylation sites (tertiary alicyclic amines) is 1. The van der Waals surface area contributed by atoms with Gasteiger partial charge in [-0.1, -0.05) is 37.4 Å². The SMILES string of the molecule is C=C(Nc1cc(C(=C)N2CCC(c3ccc(OC)cc3)CC2)ccc1C)c1ccc(NCCO)nc1. The number of hydrogen-bond donors (Lipinski definition) is 3. The summed E-state index contributed by atoms with van der Waals surface area (Å²) in [5.41, 5.74) is 7.39. The zero-order chi connectivity index (χ0) is 25.5. The second-order valence-corrected chi connectivity index (χ2v) is 9.20. The van der Waals surface area contributed by atoms with Gasteiger partial charge >= 0.3 is 0 Å². The number of aromatic nitrogens is 1. The van der Waals surface area contributed by atoms with Crippen LogP contribution in [0.2, 0.25) is 0 Å². The number of benzene rings is 2. The molecule has 2 heterocycles. The van der Waals surface area contributed by atoms with Crippen LogP contribution in [0, 0.1) is 6.92 Å². The number of nitrogens with one attached hydrogen (secondary N) is 2. The van der Waals surface area contributed by atoms with Gasteiger partial charge in [-0.25, -0.2) is 4.98 Å². The first kappa shape index (κ1) is 25.3. The van der Waals surface area contributed by atoms with Crippen LogP contribution >= 0.6 is 0 Å². The van der Waals surface area contributed by atoms with E-state index in [9.17, 15) is 0 Å². The Kier molecular flexibility index (Phi) is 8.28. The molecule has 0 unspecified atom stereocenters. The maximum Gasteiger partial charge on any atom is 0.125 e. The number of piperidine rings is 1. The van der Waals surface area contributed by atoms with E-state index in [1.165, 1.54) is 5.56 Å². The van der Waals surface area contributed by atoms with E-state index >= 15 is 0 Å². The van der Waals surface area contributed by atoms with E-state index in [2.05, 4.69) is 70.9 Å². The normalized spacial score (nSPS) is 13.8. The molecule has 3 N–H and O–H groups in total. The van der Waals surface area contributed by atoms with Crippen molar-refractivity contribution < 1.29 is 9.84 Å². The molecule has 0 spiro atoms. The smallest absolute Gasteiger partial charge is 0.125 e. The summed E-state index contributed by atoms with van der Waals surface area (Å²) in [5.74, 6) is 2.20.